The predicted octanol–water partition coefficient (Wildman–Crippen LogP) is -1.55. The number of likely N-dealkylation sites (tertiary alicyclic amines) is 1. The van der Waals surface area contributed by atoms with E-state index in [0.29, 0.717) is 5.78 Å². The smallest absolute Gasteiger partial charge is 0.192 e. The molecule has 1 rings (SSSR count). The van der Waals surface area contributed by atoms with Gasteiger partial charge in [0.05, 0.1) is 20.6 Å². The number of Topliss-reactive ketones (excluding diaryl/α,β-unsaturated/α-hetero) is 1. The largest absolute Gasteiger partial charge is 1.00 e. The van der Waals surface area contributed by atoms with Gasteiger partial charge in [-0.2, -0.15) is 0 Å². The molecule has 0 aromatic rings. The highest BCUT2D eigenvalue weighted by molar-refractivity contribution is 5.84. The standard InChI is InChI=1S/C10H20NO.HI/c1-8(2)10(12)9-6-5-7-11(9,3)4;/h8-9H,5-7H2,1-4H3;1H/q+1;/p-1/t9-;/m1./s1. The fourth-order valence-electron chi connectivity index (χ4n) is 2.07. The van der Waals surface area contributed by atoms with E-state index in [1.165, 1.54) is 6.42 Å². The normalized spacial score (nSPS) is 25.8. The van der Waals surface area contributed by atoms with Crippen LogP contribution in [0.1, 0.15) is 26.7 Å². The Hall–Kier alpha value is 0.360. The second-order valence-corrected chi connectivity index (χ2v) is 4.72. The maximum absolute atomic E-state index is 11.7. The molecule has 0 aliphatic carbocycles. The number of halogens is 1. The SMILES string of the molecule is CC(C)C(=O)[C@H]1CCC[N+]1(C)C.[I-]. The van der Waals surface area contributed by atoms with E-state index in [0.717, 1.165) is 17.4 Å². The van der Waals surface area contributed by atoms with Crippen molar-refractivity contribution in [2.45, 2.75) is 32.7 Å². The number of quaternary nitrogens is 1. The average molecular weight is 297 g/mol. The van der Waals surface area contributed by atoms with Crippen molar-refractivity contribution in [1.82, 2.24) is 0 Å². The van der Waals surface area contributed by atoms with Gasteiger partial charge in [-0.25, -0.2) is 0 Å². The highest BCUT2D eigenvalue weighted by Crippen LogP contribution is 2.24. The van der Waals surface area contributed by atoms with Gasteiger partial charge in [0.2, 0.25) is 0 Å². The molecule has 0 spiro atoms. The minimum Gasteiger partial charge on any atom is -1.00 e. The third-order valence-electron chi connectivity index (χ3n) is 2.95. The van der Waals surface area contributed by atoms with E-state index in [-0.39, 0.29) is 35.9 Å². The Kier molecular flexibility index (Phi) is 4.86. The van der Waals surface area contributed by atoms with Crippen molar-refractivity contribution in [2.75, 3.05) is 20.6 Å². The molecule has 0 aromatic carbocycles. The Labute approximate surface area is 98.3 Å². The van der Waals surface area contributed by atoms with Gasteiger partial charge in [-0.05, 0) is 0 Å². The van der Waals surface area contributed by atoms with Gasteiger partial charge >= 0.3 is 0 Å². The molecule has 1 aliphatic heterocycles. The summed E-state index contributed by atoms with van der Waals surface area (Å²) < 4.78 is 0.900. The van der Waals surface area contributed by atoms with Crippen molar-refractivity contribution in [3.05, 3.63) is 0 Å². The molecule has 0 radical (unpaired) electrons. The lowest BCUT2D eigenvalue weighted by Gasteiger charge is -2.31. The van der Waals surface area contributed by atoms with Crippen LogP contribution in [0.25, 0.3) is 0 Å². The Morgan fingerprint density at radius 3 is 2.23 bits per heavy atom. The van der Waals surface area contributed by atoms with Crippen LogP contribution in [0, 0.1) is 5.92 Å². The van der Waals surface area contributed by atoms with Gasteiger partial charge in [-0.1, -0.05) is 13.8 Å². The zero-order valence-corrected chi connectivity index (χ0v) is 11.2. The number of nitrogens with zero attached hydrogens (tertiary/aromatic N) is 1. The predicted molar refractivity (Wildman–Crippen MR) is 49.8 cm³/mol. The van der Waals surface area contributed by atoms with Gasteiger partial charge in [0, 0.05) is 18.8 Å². The average Bonchev–Trinajstić information content (AvgIpc) is 2.27. The fourth-order valence-corrected chi connectivity index (χ4v) is 2.07. The molecule has 0 unspecified atom stereocenters. The highest BCUT2D eigenvalue weighted by Gasteiger charge is 2.39. The van der Waals surface area contributed by atoms with Crippen molar-refractivity contribution in [3.63, 3.8) is 0 Å². The lowest BCUT2D eigenvalue weighted by molar-refractivity contribution is -0.893. The number of carbonyl (C=O) groups excluding carboxylic acids is 1. The van der Waals surface area contributed by atoms with Crippen LogP contribution in [0.5, 0.6) is 0 Å². The van der Waals surface area contributed by atoms with Crippen molar-refractivity contribution >= 4 is 5.78 Å². The number of likely N-dealkylation sites (N-methyl/N-ethyl adjacent to an activating group) is 1. The fraction of sp³-hybridized carbons (Fsp3) is 0.900. The monoisotopic (exact) mass is 297 g/mol. The van der Waals surface area contributed by atoms with Gasteiger partial charge in [0.25, 0.3) is 0 Å². The minimum absolute atomic E-state index is 0. The summed E-state index contributed by atoms with van der Waals surface area (Å²) in [7, 11) is 4.33. The number of hydrogen-bond acceptors (Lipinski definition) is 1. The third-order valence-corrected chi connectivity index (χ3v) is 2.95. The lowest BCUT2D eigenvalue weighted by Crippen LogP contribution is -3.00. The first kappa shape index (κ1) is 13.4. The Bertz CT molecular complexity index is 189. The second-order valence-electron chi connectivity index (χ2n) is 4.72. The summed E-state index contributed by atoms with van der Waals surface area (Å²) in [5.74, 6) is 0.642. The van der Waals surface area contributed by atoms with Crippen LogP contribution in [-0.2, 0) is 4.79 Å². The molecule has 0 N–H and O–H groups in total. The summed E-state index contributed by atoms with van der Waals surface area (Å²) in [5.41, 5.74) is 0. The summed E-state index contributed by atoms with van der Waals surface area (Å²) >= 11 is 0. The van der Waals surface area contributed by atoms with Crippen LogP contribution < -0.4 is 24.0 Å². The molecule has 3 heteroatoms. The van der Waals surface area contributed by atoms with E-state index in [4.69, 9.17) is 0 Å². The molecule has 1 fully saturated rings. The van der Waals surface area contributed by atoms with Crippen LogP contribution in [0.2, 0.25) is 0 Å². The Balaban J connectivity index is 0.00000144. The Morgan fingerprint density at radius 1 is 1.38 bits per heavy atom. The number of ketones is 1. The first-order valence-electron chi connectivity index (χ1n) is 4.81. The van der Waals surface area contributed by atoms with E-state index in [1.807, 2.05) is 13.8 Å². The molecule has 1 heterocycles. The molecule has 0 bridgehead atoms. The maximum Gasteiger partial charge on any atom is 0.192 e. The van der Waals surface area contributed by atoms with Crippen molar-refractivity contribution in [1.29, 1.82) is 0 Å². The van der Waals surface area contributed by atoms with E-state index in [9.17, 15) is 4.79 Å². The van der Waals surface area contributed by atoms with Gasteiger partial charge in [-0.15, -0.1) is 0 Å². The summed E-state index contributed by atoms with van der Waals surface area (Å²) in [6.07, 6.45) is 2.29. The summed E-state index contributed by atoms with van der Waals surface area (Å²) in [5, 5.41) is 0. The zero-order chi connectivity index (χ0) is 9.35. The van der Waals surface area contributed by atoms with E-state index in [1.54, 1.807) is 0 Å². The second kappa shape index (κ2) is 4.73. The lowest BCUT2D eigenvalue weighted by atomic mass is 9.99. The number of carbonyl (C=O) groups is 1. The van der Waals surface area contributed by atoms with Gasteiger partial charge in [0.15, 0.2) is 5.78 Å². The third kappa shape index (κ3) is 2.91. The zero-order valence-electron chi connectivity index (χ0n) is 9.01. The maximum atomic E-state index is 11.7. The summed E-state index contributed by atoms with van der Waals surface area (Å²) in [6, 6.07) is 0.269. The molecule has 0 amide bonds. The molecule has 1 aliphatic rings. The molecule has 2 nitrogen and oxygen atoms in total. The van der Waals surface area contributed by atoms with E-state index < -0.39 is 0 Å². The molecule has 1 atom stereocenters. The number of rotatable bonds is 2. The first-order valence-corrected chi connectivity index (χ1v) is 4.81. The topological polar surface area (TPSA) is 17.1 Å². The Morgan fingerprint density at radius 2 is 1.92 bits per heavy atom. The quantitative estimate of drug-likeness (QED) is 0.446. The van der Waals surface area contributed by atoms with Gasteiger partial charge in [0.1, 0.15) is 6.04 Å². The van der Waals surface area contributed by atoms with Crippen LogP contribution in [-0.4, -0.2) is 36.9 Å². The van der Waals surface area contributed by atoms with Gasteiger partial charge in [-0.3, -0.25) is 4.79 Å². The molecular weight excluding hydrogens is 277 g/mol. The molecule has 1 saturated heterocycles. The first-order chi connectivity index (χ1) is 5.45. The van der Waals surface area contributed by atoms with Crippen LogP contribution in [0.15, 0.2) is 0 Å². The molecule has 0 saturated carbocycles. The van der Waals surface area contributed by atoms with Crippen molar-refractivity contribution in [2.24, 2.45) is 5.92 Å². The highest BCUT2D eigenvalue weighted by atomic mass is 127. The number of hydrogen-bond donors (Lipinski definition) is 0. The van der Waals surface area contributed by atoms with E-state index >= 15 is 0 Å². The summed E-state index contributed by atoms with van der Waals surface area (Å²) in [6.45, 7) is 5.16. The molecule has 13 heavy (non-hydrogen) atoms. The summed E-state index contributed by atoms with van der Waals surface area (Å²) in [4.78, 5) is 11.7. The molecule has 0 aromatic heterocycles. The molecule has 78 valence electrons. The van der Waals surface area contributed by atoms with Crippen molar-refractivity contribution < 1.29 is 33.3 Å². The minimum atomic E-state index is 0. The molecular formula is C10H20INO. The van der Waals surface area contributed by atoms with Crippen molar-refractivity contribution in [3.8, 4) is 0 Å². The van der Waals surface area contributed by atoms with Crippen LogP contribution in [0.3, 0.4) is 0 Å². The van der Waals surface area contributed by atoms with E-state index in [2.05, 4.69) is 14.1 Å². The van der Waals surface area contributed by atoms with Crippen LogP contribution in [0.4, 0.5) is 0 Å². The van der Waals surface area contributed by atoms with Crippen LogP contribution >= 0.6 is 0 Å². The van der Waals surface area contributed by atoms with Gasteiger partial charge < -0.3 is 28.5 Å².